The van der Waals surface area contributed by atoms with Gasteiger partial charge in [-0.15, -0.1) is 5.10 Å². The van der Waals surface area contributed by atoms with Gasteiger partial charge < -0.3 is 4.42 Å². The molecular weight excluding hydrogens is 368 g/mol. The zero-order valence-electron chi connectivity index (χ0n) is 15.7. The number of sulfonamides is 1. The van der Waals surface area contributed by atoms with Gasteiger partial charge in [-0.05, 0) is 44.0 Å². The Balaban J connectivity index is 1.73. The van der Waals surface area contributed by atoms with E-state index < -0.39 is 15.9 Å². The fourth-order valence-corrected chi connectivity index (χ4v) is 4.73. The summed E-state index contributed by atoms with van der Waals surface area (Å²) >= 11 is 0. The van der Waals surface area contributed by atoms with Crippen molar-refractivity contribution in [2.75, 3.05) is 11.9 Å². The number of hydrogen-bond acceptors (Lipinski definition) is 6. The lowest BCUT2D eigenvalue weighted by Crippen LogP contribution is -2.41. The van der Waals surface area contributed by atoms with Crippen molar-refractivity contribution < 1.29 is 17.6 Å². The van der Waals surface area contributed by atoms with Crippen LogP contribution in [-0.4, -0.2) is 41.4 Å². The molecule has 1 aromatic carbocycles. The molecule has 9 heteroatoms. The molecule has 1 fully saturated rings. The summed E-state index contributed by atoms with van der Waals surface area (Å²) < 4.78 is 32.5. The highest BCUT2D eigenvalue weighted by Crippen LogP contribution is 2.25. The van der Waals surface area contributed by atoms with E-state index in [1.54, 1.807) is 0 Å². The Morgan fingerprint density at radius 1 is 1.22 bits per heavy atom. The van der Waals surface area contributed by atoms with Crippen LogP contribution in [0.15, 0.2) is 33.6 Å². The predicted molar refractivity (Wildman–Crippen MR) is 100.0 cm³/mol. The Labute approximate surface area is 159 Å². The second kappa shape index (κ2) is 7.77. The van der Waals surface area contributed by atoms with Crippen molar-refractivity contribution in [3.05, 3.63) is 35.7 Å². The van der Waals surface area contributed by atoms with E-state index in [0.29, 0.717) is 18.0 Å². The van der Waals surface area contributed by atoms with Gasteiger partial charge in [0, 0.05) is 24.1 Å². The van der Waals surface area contributed by atoms with Crippen molar-refractivity contribution >= 4 is 21.9 Å². The van der Waals surface area contributed by atoms with Crippen LogP contribution in [0.5, 0.6) is 0 Å². The molecule has 1 N–H and O–H groups in total. The molecule has 0 saturated carbocycles. The number of benzene rings is 1. The van der Waals surface area contributed by atoms with Gasteiger partial charge in [0.05, 0.1) is 4.90 Å². The van der Waals surface area contributed by atoms with Crippen molar-refractivity contribution in [2.24, 2.45) is 0 Å². The molecule has 1 aliphatic rings. The molecule has 0 radical (unpaired) electrons. The molecule has 0 bridgehead atoms. The summed E-state index contributed by atoms with van der Waals surface area (Å²) in [5, 5.41) is 10.2. The first-order chi connectivity index (χ1) is 12.8. The molecule has 2 aromatic rings. The molecule has 3 rings (SSSR count). The minimum atomic E-state index is -3.56. The summed E-state index contributed by atoms with van der Waals surface area (Å²) in [5.41, 5.74) is 0.310. The molecule has 1 atom stereocenters. The molecule has 8 nitrogen and oxygen atoms in total. The van der Waals surface area contributed by atoms with Crippen LogP contribution in [0.25, 0.3) is 0 Å². The van der Waals surface area contributed by atoms with E-state index in [0.717, 1.165) is 19.3 Å². The summed E-state index contributed by atoms with van der Waals surface area (Å²) in [6.45, 7) is 6.26. The Morgan fingerprint density at radius 2 is 1.93 bits per heavy atom. The lowest BCUT2D eigenvalue weighted by Gasteiger charge is -2.32. The number of carbonyl (C=O) groups is 1. The van der Waals surface area contributed by atoms with E-state index in [9.17, 15) is 13.2 Å². The van der Waals surface area contributed by atoms with Crippen molar-refractivity contribution in [1.29, 1.82) is 0 Å². The van der Waals surface area contributed by atoms with E-state index >= 15 is 0 Å². The summed E-state index contributed by atoms with van der Waals surface area (Å²) in [5.74, 6) is 0.0523. The maximum atomic E-state index is 12.8. The number of carbonyl (C=O) groups excluding carboxylic acids is 1. The summed E-state index contributed by atoms with van der Waals surface area (Å²) in [7, 11) is -3.56. The largest absolute Gasteiger partial charge is 0.408 e. The van der Waals surface area contributed by atoms with Crippen molar-refractivity contribution in [3.63, 3.8) is 0 Å². The van der Waals surface area contributed by atoms with E-state index in [-0.39, 0.29) is 22.9 Å². The van der Waals surface area contributed by atoms with E-state index in [1.807, 2.05) is 20.8 Å². The van der Waals surface area contributed by atoms with Crippen LogP contribution in [0, 0.1) is 0 Å². The molecular formula is C18H24N4O4S. The topological polar surface area (TPSA) is 105 Å². The van der Waals surface area contributed by atoms with Crippen LogP contribution in [0.2, 0.25) is 0 Å². The predicted octanol–water partition coefficient (Wildman–Crippen LogP) is 3.01. The molecule has 0 spiro atoms. The summed E-state index contributed by atoms with van der Waals surface area (Å²) in [6, 6.07) is 5.88. The Morgan fingerprint density at radius 3 is 2.52 bits per heavy atom. The normalized spacial score (nSPS) is 18.6. The first-order valence-corrected chi connectivity index (χ1v) is 10.5. The monoisotopic (exact) mass is 392 g/mol. The number of piperidine rings is 1. The molecule has 146 valence electrons. The van der Waals surface area contributed by atoms with E-state index in [2.05, 4.69) is 15.5 Å². The van der Waals surface area contributed by atoms with Crippen molar-refractivity contribution in [3.8, 4) is 0 Å². The van der Waals surface area contributed by atoms with Crippen LogP contribution in [-0.2, 0) is 10.0 Å². The number of aromatic nitrogens is 2. The number of nitrogens with zero attached hydrogens (tertiary/aromatic N) is 3. The zero-order valence-corrected chi connectivity index (χ0v) is 16.5. The maximum absolute atomic E-state index is 12.8. The minimum absolute atomic E-state index is 0.0144. The van der Waals surface area contributed by atoms with Crippen molar-refractivity contribution in [2.45, 2.75) is 56.9 Å². The quantitative estimate of drug-likeness (QED) is 0.838. The lowest BCUT2D eigenvalue weighted by atomic mass is 10.1. The average Bonchev–Trinajstić information content (AvgIpc) is 3.11. The number of nitrogens with one attached hydrogen (secondary N) is 1. The molecule has 2 heterocycles. The van der Waals surface area contributed by atoms with Gasteiger partial charge in [0.15, 0.2) is 0 Å². The average molecular weight is 392 g/mol. The van der Waals surface area contributed by atoms with Gasteiger partial charge in [0.2, 0.25) is 15.9 Å². The SMILES string of the molecule is CC(C)c1nnc(NC(=O)c2ccc(S(=O)(=O)N3CCCC[C@H]3C)cc2)o1. The second-order valence-electron chi connectivity index (χ2n) is 7.04. The molecule has 1 aromatic heterocycles. The highest BCUT2D eigenvalue weighted by atomic mass is 32.2. The van der Waals surface area contributed by atoms with Crippen LogP contribution >= 0.6 is 0 Å². The molecule has 0 unspecified atom stereocenters. The van der Waals surface area contributed by atoms with Gasteiger partial charge in [-0.3, -0.25) is 10.1 Å². The third kappa shape index (κ3) is 4.19. The number of amides is 1. The van der Waals surface area contributed by atoms with Crippen LogP contribution in [0.4, 0.5) is 6.01 Å². The highest BCUT2D eigenvalue weighted by molar-refractivity contribution is 7.89. The van der Waals surface area contributed by atoms with Gasteiger partial charge in [-0.25, -0.2) is 8.42 Å². The lowest BCUT2D eigenvalue weighted by molar-refractivity contribution is 0.102. The molecule has 0 aliphatic carbocycles. The molecule has 1 aliphatic heterocycles. The van der Waals surface area contributed by atoms with Gasteiger partial charge >= 0.3 is 6.01 Å². The fourth-order valence-electron chi connectivity index (χ4n) is 3.03. The second-order valence-corrected chi connectivity index (χ2v) is 8.93. The Hall–Kier alpha value is -2.26. The van der Waals surface area contributed by atoms with Gasteiger partial charge in [0.25, 0.3) is 5.91 Å². The maximum Gasteiger partial charge on any atom is 0.322 e. The highest BCUT2D eigenvalue weighted by Gasteiger charge is 2.30. The molecule has 27 heavy (non-hydrogen) atoms. The Kier molecular flexibility index (Phi) is 5.61. The molecule has 1 saturated heterocycles. The summed E-state index contributed by atoms with van der Waals surface area (Å²) in [6.07, 6.45) is 2.77. The first-order valence-electron chi connectivity index (χ1n) is 9.05. The van der Waals surface area contributed by atoms with Gasteiger partial charge in [-0.1, -0.05) is 25.4 Å². The number of rotatable bonds is 5. The third-order valence-corrected chi connectivity index (χ3v) is 6.65. The van der Waals surface area contributed by atoms with Gasteiger partial charge in [0.1, 0.15) is 0 Å². The fraction of sp³-hybridized carbons (Fsp3) is 0.500. The molecule has 1 amide bonds. The van der Waals surface area contributed by atoms with E-state index in [1.165, 1.54) is 28.6 Å². The van der Waals surface area contributed by atoms with Crippen LogP contribution < -0.4 is 5.32 Å². The zero-order chi connectivity index (χ0) is 19.6. The van der Waals surface area contributed by atoms with Gasteiger partial charge in [-0.2, -0.15) is 4.31 Å². The Bertz CT molecular complexity index is 906. The minimum Gasteiger partial charge on any atom is -0.408 e. The number of anilines is 1. The standard InChI is InChI=1S/C18H24N4O4S/c1-12(2)17-20-21-18(26-17)19-16(23)14-7-9-15(10-8-14)27(24,25)22-11-5-4-6-13(22)3/h7-10,12-13H,4-6,11H2,1-3H3,(H,19,21,23)/t13-/m1/s1. The smallest absolute Gasteiger partial charge is 0.322 e. The van der Waals surface area contributed by atoms with Crippen LogP contribution in [0.3, 0.4) is 0 Å². The first kappa shape index (κ1) is 19.5. The third-order valence-electron chi connectivity index (χ3n) is 4.62. The van der Waals surface area contributed by atoms with Crippen molar-refractivity contribution in [1.82, 2.24) is 14.5 Å². The summed E-state index contributed by atoms with van der Waals surface area (Å²) in [4.78, 5) is 12.5. The number of hydrogen-bond donors (Lipinski definition) is 1. The van der Waals surface area contributed by atoms with E-state index in [4.69, 9.17) is 4.42 Å². The van der Waals surface area contributed by atoms with Crippen LogP contribution in [0.1, 0.15) is 62.2 Å².